The van der Waals surface area contributed by atoms with Gasteiger partial charge in [0, 0.05) is 0 Å². The fourth-order valence-corrected chi connectivity index (χ4v) is 3.97. The first kappa shape index (κ1) is 26.0. The SMILES string of the molecule is CCCCCCCOc1ccc2cc(C(=O)Oc3ccc(C(=O)OCc4ccccc4)cc3)ccc2c1. The molecule has 4 aromatic rings. The molecule has 0 aliphatic carbocycles. The second-order valence-corrected chi connectivity index (χ2v) is 8.96. The molecular formula is C32H32O5. The molecule has 0 saturated heterocycles. The third-order valence-electron chi connectivity index (χ3n) is 6.08. The van der Waals surface area contributed by atoms with Gasteiger partial charge in [-0.1, -0.05) is 75.1 Å². The molecule has 0 aliphatic rings. The smallest absolute Gasteiger partial charge is 0.343 e. The van der Waals surface area contributed by atoms with E-state index < -0.39 is 11.9 Å². The first-order valence-electron chi connectivity index (χ1n) is 12.8. The van der Waals surface area contributed by atoms with Crippen molar-refractivity contribution < 1.29 is 23.8 Å². The minimum absolute atomic E-state index is 0.199. The summed E-state index contributed by atoms with van der Waals surface area (Å²) in [6.45, 7) is 3.12. The van der Waals surface area contributed by atoms with Crippen molar-refractivity contribution in [3.8, 4) is 11.5 Å². The van der Waals surface area contributed by atoms with E-state index in [1.54, 1.807) is 30.3 Å². The molecule has 0 atom stereocenters. The Balaban J connectivity index is 1.30. The average molecular weight is 497 g/mol. The summed E-state index contributed by atoms with van der Waals surface area (Å²) in [6, 6.07) is 27.2. The molecule has 0 N–H and O–H groups in total. The zero-order valence-electron chi connectivity index (χ0n) is 21.2. The van der Waals surface area contributed by atoms with Crippen LogP contribution < -0.4 is 9.47 Å². The van der Waals surface area contributed by atoms with Gasteiger partial charge in [-0.2, -0.15) is 0 Å². The topological polar surface area (TPSA) is 61.8 Å². The van der Waals surface area contributed by atoms with Crippen molar-refractivity contribution in [2.45, 2.75) is 45.6 Å². The molecule has 0 fully saturated rings. The number of unbranched alkanes of at least 4 members (excludes halogenated alkanes) is 4. The lowest BCUT2D eigenvalue weighted by Crippen LogP contribution is -2.09. The number of benzene rings is 4. The van der Waals surface area contributed by atoms with Crippen molar-refractivity contribution in [3.63, 3.8) is 0 Å². The Hall–Kier alpha value is -4.12. The summed E-state index contributed by atoms with van der Waals surface area (Å²) in [4.78, 5) is 25.0. The van der Waals surface area contributed by atoms with Crippen LogP contribution in [-0.4, -0.2) is 18.5 Å². The average Bonchev–Trinajstić information content (AvgIpc) is 2.94. The van der Waals surface area contributed by atoms with Gasteiger partial charge in [0.15, 0.2) is 0 Å². The zero-order chi connectivity index (χ0) is 25.9. The van der Waals surface area contributed by atoms with Crippen LogP contribution in [0.4, 0.5) is 0 Å². The molecule has 0 aromatic heterocycles. The lowest BCUT2D eigenvalue weighted by Gasteiger charge is -2.09. The summed E-state index contributed by atoms with van der Waals surface area (Å²) >= 11 is 0. The Labute approximate surface area is 218 Å². The highest BCUT2D eigenvalue weighted by molar-refractivity contribution is 5.97. The predicted molar refractivity (Wildman–Crippen MR) is 145 cm³/mol. The van der Waals surface area contributed by atoms with Crippen LogP contribution in [0.25, 0.3) is 10.8 Å². The molecule has 0 radical (unpaired) electrons. The summed E-state index contributed by atoms with van der Waals surface area (Å²) in [7, 11) is 0. The molecule has 0 aliphatic heterocycles. The maximum absolute atomic E-state index is 12.7. The molecule has 0 bridgehead atoms. The lowest BCUT2D eigenvalue weighted by molar-refractivity contribution is 0.0472. The Kier molecular flexibility index (Phi) is 9.30. The minimum Gasteiger partial charge on any atom is -0.494 e. The Morgan fingerprint density at radius 2 is 1.32 bits per heavy atom. The summed E-state index contributed by atoms with van der Waals surface area (Å²) in [6.07, 6.45) is 6.00. The van der Waals surface area contributed by atoms with Gasteiger partial charge >= 0.3 is 11.9 Å². The first-order valence-corrected chi connectivity index (χ1v) is 12.8. The second kappa shape index (κ2) is 13.3. The molecule has 0 heterocycles. The van der Waals surface area contributed by atoms with E-state index in [4.69, 9.17) is 14.2 Å². The Morgan fingerprint density at radius 3 is 2.11 bits per heavy atom. The van der Waals surface area contributed by atoms with E-state index >= 15 is 0 Å². The van der Waals surface area contributed by atoms with Gasteiger partial charge in [0.1, 0.15) is 18.1 Å². The number of esters is 2. The zero-order valence-corrected chi connectivity index (χ0v) is 21.2. The van der Waals surface area contributed by atoms with Crippen LogP contribution in [0.5, 0.6) is 11.5 Å². The van der Waals surface area contributed by atoms with Crippen LogP contribution in [0.2, 0.25) is 0 Å². The van der Waals surface area contributed by atoms with E-state index in [0.29, 0.717) is 23.5 Å². The molecule has 4 rings (SSSR count). The highest BCUT2D eigenvalue weighted by Gasteiger charge is 2.12. The van der Waals surface area contributed by atoms with Crippen molar-refractivity contribution in [2.24, 2.45) is 0 Å². The quantitative estimate of drug-likeness (QED) is 0.114. The van der Waals surface area contributed by atoms with Crippen LogP contribution in [-0.2, 0) is 11.3 Å². The van der Waals surface area contributed by atoms with Crippen LogP contribution in [0.15, 0.2) is 91.0 Å². The molecular weight excluding hydrogens is 464 g/mol. The number of rotatable bonds is 12. The molecule has 37 heavy (non-hydrogen) atoms. The van der Waals surface area contributed by atoms with Crippen LogP contribution in [0.3, 0.4) is 0 Å². The van der Waals surface area contributed by atoms with E-state index in [2.05, 4.69) is 6.92 Å². The standard InChI is InChI=1S/C32H32O5/c1-2-3-4-5-9-20-35-30-19-16-26-21-28(13-12-27(26)22-30)32(34)37-29-17-14-25(15-18-29)31(33)36-23-24-10-7-6-8-11-24/h6-8,10-19,21-22H,2-5,9,20,23H2,1H3. The monoisotopic (exact) mass is 496 g/mol. The number of ether oxygens (including phenoxy) is 3. The Bertz CT molecular complexity index is 1310. The predicted octanol–water partition coefficient (Wildman–Crippen LogP) is 7.77. The number of hydrogen-bond acceptors (Lipinski definition) is 5. The number of fused-ring (bicyclic) bond motifs is 1. The van der Waals surface area contributed by atoms with E-state index in [1.165, 1.54) is 25.7 Å². The van der Waals surface area contributed by atoms with E-state index in [0.717, 1.165) is 28.5 Å². The third-order valence-corrected chi connectivity index (χ3v) is 6.08. The Morgan fingerprint density at radius 1 is 0.649 bits per heavy atom. The molecule has 0 spiro atoms. The van der Waals surface area contributed by atoms with Crippen molar-refractivity contribution in [2.75, 3.05) is 6.61 Å². The largest absolute Gasteiger partial charge is 0.494 e. The van der Waals surface area contributed by atoms with Gasteiger partial charge in [-0.25, -0.2) is 9.59 Å². The maximum Gasteiger partial charge on any atom is 0.343 e. The van der Waals surface area contributed by atoms with Crippen molar-refractivity contribution >= 4 is 22.7 Å². The van der Waals surface area contributed by atoms with Gasteiger partial charge in [0.2, 0.25) is 0 Å². The molecule has 5 heteroatoms. The van der Waals surface area contributed by atoms with Crippen LogP contribution in [0.1, 0.15) is 65.3 Å². The van der Waals surface area contributed by atoms with Gasteiger partial charge in [-0.3, -0.25) is 0 Å². The van der Waals surface area contributed by atoms with Crippen LogP contribution in [0, 0.1) is 0 Å². The summed E-state index contributed by atoms with van der Waals surface area (Å²) < 4.78 is 16.7. The van der Waals surface area contributed by atoms with Gasteiger partial charge in [0.25, 0.3) is 0 Å². The lowest BCUT2D eigenvalue weighted by atomic mass is 10.1. The fourth-order valence-electron chi connectivity index (χ4n) is 3.97. The molecule has 0 saturated carbocycles. The third kappa shape index (κ3) is 7.68. The number of carbonyl (C=O) groups is 2. The molecule has 5 nitrogen and oxygen atoms in total. The normalized spacial score (nSPS) is 10.7. The first-order chi connectivity index (χ1) is 18.1. The highest BCUT2D eigenvalue weighted by Crippen LogP contribution is 2.24. The highest BCUT2D eigenvalue weighted by atomic mass is 16.5. The minimum atomic E-state index is -0.464. The van der Waals surface area contributed by atoms with Crippen molar-refractivity contribution in [3.05, 3.63) is 108 Å². The van der Waals surface area contributed by atoms with Gasteiger partial charge < -0.3 is 14.2 Å². The van der Waals surface area contributed by atoms with Gasteiger partial charge in [0.05, 0.1) is 17.7 Å². The van der Waals surface area contributed by atoms with E-state index in [-0.39, 0.29) is 6.61 Å². The van der Waals surface area contributed by atoms with Gasteiger partial charge in [-0.05, 0) is 71.3 Å². The number of carbonyl (C=O) groups excluding carboxylic acids is 2. The van der Waals surface area contributed by atoms with Crippen molar-refractivity contribution in [1.82, 2.24) is 0 Å². The molecule has 4 aromatic carbocycles. The van der Waals surface area contributed by atoms with E-state index in [1.807, 2.05) is 60.7 Å². The van der Waals surface area contributed by atoms with Crippen molar-refractivity contribution in [1.29, 1.82) is 0 Å². The maximum atomic E-state index is 12.7. The van der Waals surface area contributed by atoms with Crippen LogP contribution >= 0.6 is 0 Å². The van der Waals surface area contributed by atoms with E-state index in [9.17, 15) is 9.59 Å². The molecule has 0 unspecified atom stereocenters. The second-order valence-electron chi connectivity index (χ2n) is 8.96. The molecule has 190 valence electrons. The number of hydrogen-bond donors (Lipinski definition) is 0. The summed E-state index contributed by atoms with van der Waals surface area (Å²) in [5.74, 6) is 0.290. The summed E-state index contributed by atoms with van der Waals surface area (Å²) in [5, 5.41) is 1.93. The summed E-state index contributed by atoms with van der Waals surface area (Å²) in [5.41, 5.74) is 1.75. The fraction of sp³-hybridized carbons (Fsp3) is 0.250. The van der Waals surface area contributed by atoms with Gasteiger partial charge in [-0.15, -0.1) is 0 Å². The molecule has 0 amide bonds.